The molecule has 152 valence electrons. The van der Waals surface area contributed by atoms with E-state index in [9.17, 15) is 8.42 Å². The van der Waals surface area contributed by atoms with Crippen molar-refractivity contribution in [3.8, 4) is 5.75 Å². The first-order valence-corrected chi connectivity index (χ1v) is 11.4. The summed E-state index contributed by atoms with van der Waals surface area (Å²) in [7, 11) is -3.06. The molecule has 7 heteroatoms. The first-order chi connectivity index (χ1) is 12.8. The first kappa shape index (κ1) is 21.5. The van der Waals surface area contributed by atoms with Gasteiger partial charge >= 0.3 is 0 Å². The van der Waals surface area contributed by atoms with Crippen LogP contribution in [0, 0.1) is 0 Å². The summed E-state index contributed by atoms with van der Waals surface area (Å²) in [5, 5.41) is 3.30. The molecule has 0 spiro atoms. The Balaban J connectivity index is 2.02. The zero-order valence-corrected chi connectivity index (χ0v) is 17.8. The summed E-state index contributed by atoms with van der Waals surface area (Å²) in [4.78, 5) is 6.79. The van der Waals surface area contributed by atoms with Crippen LogP contribution in [-0.2, 0) is 16.3 Å². The van der Waals surface area contributed by atoms with Crippen LogP contribution in [0.3, 0.4) is 0 Å². The van der Waals surface area contributed by atoms with Crippen molar-refractivity contribution in [2.24, 2.45) is 4.99 Å². The fourth-order valence-electron chi connectivity index (χ4n) is 3.05. The minimum atomic E-state index is -3.06. The van der Waals surface area contributed by atoms with Crippen LogP contribution in [0.1, 0.15) is 39.7 Å². The molecule has 0 saturated carbocycles. The summed E-state index contributed by atoms with van der Waals surface area (Å²) in [5.74, 6) is 1.86. The van der Waals surface area contributed by atoms with E-state index in [-0.39, 0.29) is 5.75 Å². The van der Waals surface area contributed by atoms with E-state index in [1.165, 1.54) is 5.56 Å². The van der Waals surface area contributed by atoms with Crippen molar-refractivity contribution in [2.45, 2.75) is 45.3 Å². The predicted molar refractivity (Wildman–Crippen MR) is 111 cm³/mol. The van der Waals surface area contributed by atoms with E-state index in [1.807, 2.05) is 19.1 Å². The number of hydrogen-bond acceptors (Lipinski definition) is 4. The summed E-state index contributed by atoms with van der Waals surface area (Å²) in [6.45, 7) is 10.8. The second kappa shape index (κ2) is 9.44. The van der Waals surface area contributed by atoms with E-state index in [0.717, 1.165) is 37.7 Å². The number of aliphatic imine (C=N–C) groups is 1. The van der Waals surface area contributed by atoms with Gasteiger partial charge in [0.25, 0.3) is 0 Å². The minimum Gasteiger partial charge on any atom is -0.494 e. The van der Waals surface area contributed by atoms with Crippen LogP contribution < -0.4 is 10.1 Å². The molecule has 0 radical (unpaired) electrons. The maximum atomic E-state index is 12.2. The number of nitrogens with zero attached hydrogens (tertiary/aromatic N) is 2. The fraction of sp³-hybridized carbons (Fsp3) is 0.650. The molecule has 1 fully saturated rings. The van der Waals surface area contributed by atoms with E-state index in [2.05, 4.69) is 29.3 Å². The third-order valence-corrected chi connectivity index (χ3v) is 7.24. The van der Waals surface area contributed by atoms with Gasteiger partial charge in [0.2, 0.25) is 0 Å². The molecule has 0 bridgehead atoms. The predicted octanol–water partition coefficient (Wildman–Crippen LogP) is 2.49. The number of rotatable bonds is 7. The Morgan fingerprint density at radius 3 is 2.78 bits per heavy atom. The highest BCUT2D eigenvalue weighted by molar-refractivity contribution is 7.92. The molecular formula is C20H33N3O3S. The second-order valence-electron chi connectivity index (χ2n) is 7.48. The van der Waals surface area contributed by atoms with Gasteiger partial charge in [-0.25, -0.2) is 8.42 Å². The van der Waals surface area contributed by atoms with Crippen LogP contribution >= 0.6 is 0 Å². The monoisotopic (exact) mass is 395 g/mol. The second-order valence-corrected chi connectivity index (χ2v) is 10.2. The average Bonchev–Trinajstić information content (AvgIpc) is 2.62. The summed E-state index contributed by atoms with van der Waals surface area (Å²) < 4.78 is 29.4. The van der Waals surface area contributed by atoms with Crippen LogP contribution in [0.15, 0.2) is 29.3 Å². The lowest BCUT2D eigenvalue weighted by molar-refractivity contribution is 0.317. The van der Waals surface area contributed by atoms with Gasteiger partial charge in [0.15, 0.2) is 15.8 Å². The van der Waals surface area contributed by atoms with Crippen molar-refractivity contribution in [2.75, 3.05) is 38.5 Å². The van der Waals surface area contributed by atoms with E-state index in [1.54, 1.807) is 13.8 Å². The highest BCUT2D eigenvalue weighted by atomic mass is 32.2. The topological polar surface area (TPSA) is 71.0 Å². The summed E-state index contributed by atoms with van der Waals surface area (Å²) in [6, 6.07) is 8.13. The lowest BCUT2D eigenvalue weighted by Gasteiger charge is -2.39. The molecule has 2 rings (SSSR count). The minimum absolute atomic E-state index is 0.168. The number of nitrogens with one attached hydrogen (secondary N) is 1. The van der Waals surface area contributed by atoms with Gasteiger partial charge in [0, 0.05) is 26.2 Å². The van der Waals surface area contributed by atoms with Gasteiger partial charge < -0.3 is 15.0 Å². The molecule has 0 amide bonds. The lowest BCUT2D eigenvalue weighted by atomic mass is 10.1. The Hall–Kier alpha value is -1.76. The maximum absolute atomic E-state index is 12.2. The first-order valence-electron chi connectivity index (χ1n) is 9.76. The third-order valence-electron chi connectivity index (χ3n) is 4.71. The summed E-state index contributed by atoms with van der Waals surface area (Å²) >= 11 is 0. The largest absolute Gasteiger partial charge is 0.494 e. The van der Waals surface area contributed by atoms with Crippen LogP contribution in [0.2, 0.25) is 0 Å². The van der Waals surface area contributed by atoms with Crippen molar-refractivity contribution in [3.05, 3.63) is 29.8 Å². The van der Waals surface area contributed by atoms with Crippen molar-refractivity contribution in [1.82, 2.24) is 10.2 Å². The van der Waals surface area contributed by atoms with Crippen LogP contribution in [0.5, 0.6) is 5.75 Å². The molecule has 1 aliphatic rings. The molecule has 0 unspecified atom stereocenters. The van der Waals surface area contributed by atoms with Crippen molar-refractivity contribution >= 4 is 15.8 Å². The number of ether oxygens (including phenoxy) is 1. The molecule has 0 aromatic heterocycles. The molecule has 0 atom stereocenters. The van der Waals surface area contributed by atoms with E-state index in [4.69, 9.17) is 9.73 Å². The Labute approximate surface area is 163 Å². The van der Waals surface area contributed by atoms with Gasteiger partial charge in [0.05, 0.1) is 17.1 Å². The van der Waals surface area contributed by atoms with Crippen molar-refractivity contribution in [3.63, 3.8) is 0 Å². The van der Waals surface area contributed by atoms with E-state index < -0.39 is 14.6 Å². The van der Waals surface area contributed by atoms with Gasteiger partial charge in [-0.2, -0.15) is 0 Å². The summed E-state index contributed by atoms with van der Waals surface area (Å²) in [5.41, 5.74) is 1.18. The normalized spacial score (nSPS) is 19.0. The smallest absolute Gasteiger partial charge is 0.194 e. The van der Waals surface area contributed by atoms with E-state index in [0.29, 0.717) is 19.6 Å². The highest BCUT2D eigenvalue weighted by Crippen LogP contribution is 2.23. The molecule has 1 aromatic carbocycles. The zero-order chi connectivity index (χ0) is 19.9. The molecule has 6 nitrogen and oxygen atoms in total. The van der Waals surface area contributed by atoms with Gasteiger partial charge in [-0.1, -0.05) is 19.1 Å². The molecule has 1 saturated heterocycles. The number of benzene rings is 1. The van der Waals surface area contributed by atoms with Gasteiger partial charge in [-0.15, -0.1) is 0 Å². The lowest BCUT2D eigenvalue weighted by Crippen LogP contribution is -2.57. The highest BCUT2D eigenvalue weighted by Gasteiger charge is 2.40. The zero-order valence-electron chi connectivity index (χ0n) is 17.0. The Morgan fingerprint density at radius 2 is 2.11 bits per heavy atom. The van der Waals surface area contributed by atoms with Crippen LogP contribution in [-0.4, -0.2) is 62.6 Å². The number of guanidine groups is 1. The Morgan fingerprint density at radius 1 is 1.33 bits per heavy atom. The number of hydrogen-bond donors (Lipinski definition) is 1. The number of sulfone groups is 1. The van der Waals surface area contributed by atoms with Gasteiger partial charge in [-0.05, 0) is 51.3 Å². The molecule has 0 aliphatic carbocycles. The van der Waals surface area contributed by atoms with Gasteiger partial charge in [0.1, 0.15) is 5.75 Å². The molecule has 1 N–H and O–H groups in total. The molecular weight excluding hydrogens is 362 g/mol. The van der Waals surface area contributed by atoms with Crippen molar-refractivity contribution < 1.29 is 13.2 Å². The Bertz CT molecular complexity index is 745. The quantitative estimate of drug-likeness (QED) is 0.567. The van der Waals surface area contributed by atoms with Gasteiger partial charge in [-0.3, -0.25) is 4.99 Å². The van der Waals surface area contributed by atoms with Crippen LogP contribution in [0.4, 0.5) is 0 Å². The standard InChI is InChI=1S/C20H33N3O3S/c1-5-13-26-18-9-7-8-17(15-18)10-11-22-19(21-6-2)23-12-14-27(24,25)20(3,4)16-23/h7-9,15H,5-6,10-14,16H2,1-4H3,(H,21,22). The maximum Gasteiger partial charge on any atom is 0.194 e. The molecule has 1 aliphatic heterocycles. The SMILES string of the molecule is CCCOc1cccc(CCN=C(NCC)N2CCS(=O)(=O)C(C)(C)C2)c1. The summed E-state index contributed by atoms with van der Waals surface area (Å²) in [6.07, 6.45) is 1.80. The Kier molecular flexibility index (Phi) is 7.53. The molecule has 27 heavy (non-hydrogen) atoms. The van der Waals surface area contributed by atoms with Crippen molar-refractivity contribution in [1.29, 1.82) is 0 Å². The molecule has 1 aromatic rings. The van der Waals surface area contributed by atoms with E-state index >= 15 is 0 Å². The molecule has 1 heterocycles. The third kappa shape index (κ3) is 5.86. The fourth-order valence-corrected chi connectivity index (χ4v) is 4.42. The average molecular weight is 396 g/mol. The van der Waals surface area contributed by atoms with Crippen LogP contribution in [0.25, 0.3) is 0 Å².